The topological polar surface area (TPSA) is 114 Å². The molecule has 0 aliphatic carbocycles. The van der Waals surface area contributed by atoms with E-state index in [1.54, 1.807) is 31.5 Å². The fourth-order valence-corrected chi connectivity index (χ4v) is 7.45. The number of fused-ring (bicyclic) bond motifs is 4. The predicted molar refractivity (Wildman–Crippen MR) is 141 cm³/mol. The number of ether oxygens (including phenoxy) is 3. The average molecular weight is 535 g/mol. The molecular formula is C28H30N4O5S. The molecule has 10 heteroatoms. The van der Waals surface area contributed by atoms with Gasteiger partial charge >= 0.3 is 0 Å². The van der Waals surface area contributed by atoms with Gasteiger partial charge in [0.15, 0.2) is 11.5 Å². The van der Waals surface area contributed by atoms with Crippen LogP contribution in [0, 0.1) is 11.3 Å². The Bertz CT molecular complexity index is 1510. The smallest absolute Gasteiger partial charge is 0.240 e. The minimum Gasteiger partial charge on any atom is -0.497 e. The van der Waals surface area contributed by atoms with E-state index in [9.17, 15) is 13.7 Å². The number of nitrogens with zero attached hydrogens (tertiary/aromatic N) is 3. The van der Waals surface area contributed by atoms with Crippen molar-refractivity contribution in [2.75, 3.05) is 26.9 Å². The minimum atomic E-state index is -3.68. The van der Waals surface area contributed by atoms with Crippen molar-refractivity contribution >= 4 is 20.9 Å². The molecule has 3 aliphatic heterocycles. The fraction of sp³-hybridized carbons (Fsp3) is 0.429. The highest BCUT2D eigenvalue weighted by Gasteiger charge is 2.41. The number of benzene rings is 2. The number of hydrogen-bond donors (Lipinski definition) is 1. The Morgan fingerprint density at radius 2 is 1.87 bits per heavy atom. The Labute approximate surface area is 222 Å². The molecule has 2 unspecified atom stereocenters. The van der Waals surface area contributed by atoms with Crippen LogP contribution in [0.15, 0.2) is 47.5 Å². The van der Waals surface area contributed by atoms with Crippen LogP contribution < -0.4 is 18.9 Å². The van der Waals surface area contributed by atoms with Gasteiger partial charge in [0.25, 0.3) is 0 Å². The summed E-state index contributed by atoms with van der Waals surface area (Å²) in [4.78, 5) is 7.14. The monoisotopic (exact) mass is 534 g/mol. The van der Waals surface area contributed by atoms with Crippen molar-refractivity contribution in [3.8, 4) is 23.3 Å². The lowest BCUT2D eigenvalue weighted by molar-refractivity contribution is 0.125. The molecule has 1 aromatic heterocycles. The molecule has 2 saturated heterocycles. The molecule has 2 aromatic carbocycles. The summed E-state index contributed by atoms with van der Waals surface area (Å²) >= 11 is 0. The molecule has 2 bridgehead atoms. The van der Waals surface area contributed by atoms with E-state index in [1.807, 2.05) is 18.2 Å². The second kappa shape index (κ2) is 10.1. The van der Waals surface area contributed by atoms with Crippen LogP contribution in [0.4, 0.5) is 0 Å². The fourth-order valence-electron chi connectivity index (χ4n) is 6.17. The number of rotatable bonds is 7. The molecule has 2 fully saturated rings. The van der Waals surface area contributed by atoms with Gasteiger partial charge in [0.1, 0.15) is 25.0 Å². The van der Waals surface area contributed by atoms with E-state index >= 15 is 0 Å². The number of piperidine rings is 1. The second-order valence-corrected chi connectivity index (χ2v) is 11.8. The van der Waals surface area contributed by atoms with Gasteiger partial charge in [-0.25, -0.2) is 13.1 Å². The number of nitriles is 1. The molecular weight excluding hydrogens is 504 g/mol. The predicted octanol–water partition coefficient (Wildman–Crippen LogP) is 3.40. The largest absolute Gasteiger partial charge is 0.497 e. The molecule has 4 heterocycles. The summed E-state index contributed by atoms with van der Waals surface area (Å²) in [6, 6.07) is 13.3. The van der Waals surface area contributed by atoms with Gasteiger partial charge in [-0.1, -0.05) is 0 Å². The van der Waals surface area contributed by atoms with Gasteiger partial charge in [0, 0.05) is 42.3 Å². The molecule has 3 aromatic rings. The third kappa shape index (κ3) is 4.66. The summed E-state index contributed by atoms with van der Waals surface area (Å²) in [5, 5.41) is 10.7. The number of aromatic nitrogens is 1. The maximum Gasteiger partial charge on any atom is 0.240 e. The number of methoxy groups -OCH3 is 1. The van der Waals surface area contributed by atoms with Crippen LogP contribution in [0.3, 0.4) is 0 Å². The van der Waals surface area contributed by atoms with E-state index in [0.717, 1.165) is 60.9 Å². The third-order valence-electron chi connectivity index (χ3n) is 7.96. The summed E-state index contributed by atoms with van der Waals surface area (Å²) in [6.07, 6.45) is 5.98. The van der Waals surface area contributed by atoms with Crippen molar-refractivity contribution in [2.24, 2.45) is 0 Å². The molecule has 6 rings (SSSR count). The van der Waals surface area contributed by atoms with Crippen molar-refractivity contribution in [3.63, 3.8) is 0 Å². The zero-order valence-electron chi connectivity index (χ0n) is 21.2. The molecule has 0 spiro atoms. The van der Waals surface area contributed by atoms with Crippen molar-refractivity contribution in [1.29, 1.82) is 5.26 Å². The first-order chi connectivity index (χ1) is 18.4. The van der Waals surface area contributed by atoms with Crippen molar-refractivity contribution in [1.82, 2.24) is 14.6 Å². The molecule has 9 nitrogen and oxygen atoms in total. The molecule has 0 radical (unpaired) electrons. The Balaban J connectivity index is 1.15. The molecule has 38 heavy (non-hydrogen) atoms. The standard InChI is InChI=1S/C28H30N4O5S/c1-35-22-4-6-26-25(14-22)24(18(16-29)17-30-26)8-9-32-20-2-3-21(32)13-19(12-20)31-38(33,34)23-5-7-27-28(15-23)37-11-10-36-27/h4-7,14-15,17,19-21,31H,2-3,8-13H2,1H3. The van der Waals surface area contributed by atoms with Crippen LogP contribution in [0.1, 0.15) is 36.8 Å². The average Bonchev–Trinajstić information content (AvgIpc) is 3.18. The number of pyridine rings is 1. The van der Waals surface area contributed by atoms with Gasteiger partial charge in [-0.3, -0.25) is 9.88 Å². The third-order valence-corrected chi connectivity index (χ3v) is 9.48. The van der Waals surface area contributed by atoms with E-state index in [0.29, 0.717) is 42.4 Å². The highest BCUT2D eigenvalue weighted by Crippen LogP contribution is 2.38. The van der Waals surface area contributed by atoms with E-state index < -0.39 is 10.0 Å². The molecule has 0 saturated carbocycles. The first-order valence-corrected chi connectivity index (χ1v) is 14.5. The van der Waals surface area contributed by atoms with Crippen LogP contribution in [0.2, 0.25) is 0 Å². The Morgan fingerprint density at radius 3 is 2.61 bits per heavy atom. The molecule has 1 N–H and O–H groups in total. The van der Waals surface area contributed by atoms with Crippen LogP contribution in [-0.4, -0.2) is 63.3 Å². The second-order valence-electron chi connectivity index (χ2n) is 10.1. The maximum absolute atomic E-state index is 13.2. The summed E-state index contributed by atoms with van der Waals surface area (Å²) in [6.45, 7) is 1.68. The normalized spacial score (nSPS) is 22.8. The summed E-state index contributed by atoms with van der Waals surface area (Å²) < 4.78 is 45.8. The lowest BCUT2D eigenvalue weighted by atomic mass is 9.96. The quantitative estimate of drug-likeness (QED) is 0.491. The number of sulfonamides is 1. The maximum atomic E-state index is 13.2. The highest BCUT2D eigenvalue weighted by molar-refractivity contribution is 7.89. The van der Waals surface area contributed by atoms with Crippen molar-refractivity contribution in [2.45, 2.75) is 55.1 Å². The first-order valence-electron chi connectivity index (χ1n) is 13.0. The Hall–Kier alpha value is -3.39. The summed E-state index contributed by atoms with van der Waals surface area (Å²) in [7, 11) is -2.05. The van der Waals surface area contributed by atoms with Gasteiger partial charge < -0.3 is 14.2 Å². The van der Waals surface area contributed by atoms with Gasteiger partial charge in [-0.2, -0.15) is 5.26 Å². The van der Waals surface area contributed by atoms with E-state index in [4.69, 9.17) is 14.2 Å². The van der Waals surface area contributed by atoms with Gasteiger partial charge in [0.2, 0.25) is 10.0 Å². The van der Waals surface area contributed by atoms with Crippen LogP contribution in [0.25, 0.3) is 10.9 Å². The number of nitrogens with one attached hydrogen (secondary N) is 1. The Morgan fingerprint density at radius 1 is 1.11 bits per heavy atom. The lowest BCUT2D eigenvalue weighted by Gasteiger charge is -2.39. The molecule has 198 valence electrons. The molecule has 0 amide bonds. The molecule has 3 aliphatic rings. The Kier molecular flexibility index (Phi) is 6.60. The highest BCUT2D eigenvalue weighted by atomic mass is 32.2. The zero-order chi connectivity index (χ0) is 26.3. The van der Waals surface area contributed by atoms with Crippen molar-refractivity contribution in [3.05, 3.63) is 53.7 Å². The minimum absolute atomic E-state index is 0.123. The van der Waals surface area contributed by atoms with Crippen LogP contribution in [-0.2, 0) is 16.4 Å². The van der Waals surface area contributed by atoms with Gasteiger partial charge in [-0.05, 0) is 68.0 Å². The van der Waals surface area contributed by atoms with E-state index in [2.05, 4.69) is 20.7 Å². The summed E-state index contributed by atoms with van der Waals surface area (Å²) in [5.74, 6) is 1.77. The van der Waals surface area contributed by atoms with Crippen LogP contribution >= 0.6 is 0 Å². The van der Waals surface area contributed by atoms with Crippen molar-refractivity contribution < 1.29 is 22.6 Å². The van der Waals surface area contributed by atoms with E-state index in [-0.39, 0.29) is 10.9 Å². The molecule has 2 atom stereocenters. The SMILES string of the molecule is COc1ccc2ncc(C#N)c(CCN3C4CCC3CC(NS(=O)(=O)c3ccc5c(c3)OCCO5)C4)c2c1. The lowest BCUT2D eigenvalue weighted by Crippen LogP contribution is -2.50. The zero-order valence-corrected chi connectivity index (χ0v) is 22.0. The van der Waals surface area contributed by atoms with Crippen LogP contribution in [0.5, 0.6) is 17.2 Å². The van der Waals surface area contributed by atoms with Gasteiger partial charge in [0.05, 0.1) is 23.1 Å². The van der Waals surface area contributed by atoms with Gasteiger partial charge in [-0.15, -0.1) is 0 Å². The first kappa shape index (κ1) is 24.9. The van der Waals surface area contributed by atoms with E-state index in [1.165, 1.54) is 0 Å². The number of hydrogen-bond acceptors (Lipinski definition) is 8. The summed E-state index contributed by atoms with van der Waals surface area (Å²) in [5.41, 5.74) is 2.41.